The van der Waals surface area contributed by atoms with E-state index in [0.29, 0.717) is 28.8 Å². The van der Waals surface area contributed by atoms with Crippen molar-refractivity contribution in [3.63, 3.8) is 0 Å². The van der Waals surface area contributed by atoms with E-state index in [9.17, 15) is 0 Å². The lowest BCUT2D eigenvalue weighted by Crippen LogP contribution is -2.28. The molecule has 0 radical (unpaired) electrons. The van der Waals surface area contributed by atoms with E-state index in [1.807, 2.05) is 13.0 Å². The highest BCUT2D eigenvalue weighted by Crippen LogP contribution is 2.33. The zero-order chi connectivity index (χ0) is 15.1. The highest BCUT2D eigenvalue weighted by molar-refractivity contribution is 6.35. The molecular weight excluding hydrogens is 295 g/mol. The van der Waals surface area contributed by atoms with E-state index in [0.717, 1.165) is 25.2 Å². The molecule has 20 heavy (non-hydrogen) atoms. The van der Waals surface area contributed by atoms with Crippen LogP contribution in [0.4, 0.5) is 0 Å². The molecule has 2 N–H and O–H groups in total. The first kappa shape index (κ1) is 17.6. The maximum Gasteiger partial charge on any atom is 0.141 e. The quantitative estimate of drug-likeness (QED) is 0.795. The van der Waals surface area contributed by atoms with Gasteiger partial charge in [0.1, 0.15) is 12.4 Å². The Morgan fingerprint density at radius 1 is 1.25 bits per heavy atom. The summed E-state index contributed by atoms with van der Waals surface area (Å²) in [6.45, 7) is 9.75. The lowest BCUT2D eigenvalue weighted by atomic mass is 10.1. The average Bonchev–Trinajstić information content (AvgIpc) is 2.36. The van der Waals surface area contributed by atoms with Crippen molar-refractivity contribution >= 4 is 23.2 Å². The summed E-state index contributed by atoms with van der Waals surface area (Å²) in [5.41, 5.74) is 6.83. The summed E-state index contributed by atoms with van der Waals surface area (Å²) in [5, 5.41) is 1.16. The summed E-state index contributed by atoms with van der Waals surface area (Å²) in [6.07, 6.45) is 0.695. The zero-order valence-corrected chi connectivity index (χ0v) is 14.0. The fourth-order valence-corrected chi connectivity index (χ4v) is 2.68. The van der Waals surface area contributed by atoms with Gasteiger partial charge in [0.05, 0.1) is 5.02 Å². The lowest BCUT2D eigenvalue weighted by molar-refractivity contribution is 0.221. The fourth-order valence-electron chi connectivity index (χ4n) is 2.09. The number of likely N-dealkylation sites (N-methyl/N-ethyl adjacent to an activating group) is 1. The molecular formula is C15H24Cl2N2O. The second-order valence-corrected chi connectivity index (χ2v) is 5.78. The van der Waals surface area contributed by atoms with Gasteiger partial charge in [-0.2, -0.15) is 0 Å². The second kappa shape index (κ2) is 8.73. The maximum absolute atomic E-state index is 6.24. The number of nitrogens with two attached hydrogens (primary N) is 1. The van der Waals surface area contributed by atoms with Crippen LogP contribution in [0.1, 0.15) is 26.3 Å². The topological polar surface area (TPSA) is 38.5 Å². The third-order valence-electron chi connectivity index (χ3n) is 3.18. The van der Waals surface area contributed by atoms with Crippen LogP contribution in [0, 0.1) is 0 Å². The fraction of sp³-hybridized carbons (Fsp3) is 0.600. The molecule has 0 aromatic heterocycles. The van der Waals surface area contributed by atoms with Crippen molar-refractivity contribution in [3.05, 3.63) is 27.7 Å². The van der Waals surface area contributed by atoms with Crippen molar-refractivity contribution in [1.29, 1.82) is 0 Å². The van der Waals surface area contributed by atoms with Crippen molar-refractivity contribution in [3.8, 4) is 5.75 Å². The number of ether oxygens (including phenoxy) is 1. The molecule has 1 aromatic rings. The molecule has 0 saturated heterocycles. The maximum atomic E-state index is 6.24. The van der Waals surface area contributed by atoms with Crippen molar-refractivity contribution in [2.75, 3.05) is 26.2 Å². The molecule has 3 nitrogen and oxygen atoms in total. The van der Waals surface area contributed by atoms with Gasteiger partial charge in [0.2, 0.25) is 0 Å². The lowest BCUT2D eigenvalue weighted by Gasteiger charge is -2.20. The third kappa shape index (κ3) is 5.49. The molecule has 0 amide bonds. The molecule has 1 aromatic carbocycles. The van der Waals surface area contributed by atoms with Gasteiger partial charge >= 0.3 is 0 Å². The highest BCUT2D eigenvalue weighted by atomic mass is 35.5. The predicted octanol–water partition coefficient (Wildman–Crippen LogP) is 3.60. The molecule has 0 aliphatic carbocycles. The van der Waals surface area contributed by atoms with Gasteiger partial charge in [0, 0.05) is 17.6 Å². The van der Waals surface area contributed by atoms with Gasteiger partial charge in [0.15, 0.2) is 0 Å². The summed E-state index contributed by atoms with van der Waals surface area (Å²) in [7, 11) is 0. The van der Waals surface area contributed by atoms with Crippen molar-refractivity contribution in [2.45, 2.75) is 33.2 Å². The molecule has 0 aliphatic rings. The van der Waals surface area contributed by atoms with Gasteiger partial charge < -0.3 is 15.4 Å². The Kier molecular flexibility index (Phi) is 7.67. The molecule has 1 rings (SSSR count). The third-order valence-corrected chi connectivity index (χ3v) is 3.67. The van der Waals surface area contributed by atoms with Crippen LogP contribution < -0.4 is 10.5 Å². The molecule has 1 atom stereocenters. The summed E-state index contributed by atoms with van der Waals surface area (Å²) in [5.74, 6) is 0.709. The van der Waals surface area contributed by atoms with E-state index in [4.69, 9.17) is 33.7 Å². The van der Waals surface area contributed by atoms with E-state index >= 15 is 0 Å². The molecule has 5 heteroatoms. The summed E-state index contributed by atoms with van der Waals surface area (Å²) < 4.78 is 5.87. The van der Waals surface area contributed by atoms with Gasteiger partial charge in [-0.3, -0.25) is 0 Å². The van der Waals surface area contributed by atoms with Crippen molar-refractivity contribution in [2.24, 2.45) is 5.73 Å². The Hall–Kier alpha value is -0.480. The normalized spacial score (nSPS) is 12.8. The number of benzene rings is 1. The van der Waals surface area contributed by atoms with Crippen LogP contribution in [-0.4, -0.2) is 37.2 Å². The minimum atomic E-state index is 0.0367. The molecule has 0 heterocycles. The van der Waals surface area contributed by atoms with Crippen LogP contribution in [0.15, 0.2) is 12.1 Å². The van der Waals surface area contributed by atoms with Crippen LogP contribution in [0.25, 0.3) is 0 Å². The first-order chi connectivity index (χ1) is 9.47. The van der Waals surface area contributed by atoms with Gasteiger partial charge in [-0.1, -0.05) is 37.0 Å². The van der Waals surface area contributed by atoms with Crippen LogP contribution in [-0.2, 0) is 6.42 Å². The first-order valence-corrected chi connectivity index (χ1v) is 7.82. The largest absolute Gasteiger partial charge is 0.490 e. The van der Waals surface area contributed by atoms with Gasteiger partial charge in [-0.25, -0.2) is 0 Å². The van der Waals surface area contributed by atoms with Gasteiger partial charge in [-0.05, 0) is 44.1 Å². The Labute approximate surface area is 132 Å². The molecule has 0 bridgehead atoms. The number of nitrogens with zero attached hydrogens (tertiary/aromatic N) is 1. The number of hydrogen-bond acceptors (Lipinski definition) is 3. The highest BCUT2D eigenvalue weighted by Gasteiger charge is 2.12. The van der Waals surface area contributed by atoms with Crippen molar-refractivity contribution in [1.82, 2.24) is 4.90 Å². The average molecular weight is 319 g/mol. The first-order valence-electron chi connectivity index (χ1n) is 7.06. The van der Waals surface area contributed by atoms with Crippen LogP contribution in [0.5, 0.6) is 5.75 Å². The zero-order valence-electron chi connectivity index (χ0n) is 12.5. The van der Waals surface area contributed by atoms with E-state index in [1.54, 1.807) is 6.07 Å². The molecule has 114 valence electrons. The Bertz CT molecular complexity index is 421. The molecule has 0 spiro atoms. The molecule has 0 aliphatic heterocycles. The predicted molar refractivity (Wildman–Crippen MR) is 87.1 cm³/mol. The van der Waals surface area contributed by atoms with E-state index in [-0.39, 0.29) is 6.04 Å². The van der Waals surface area contributed by atoms with Gasteiger partial charge in [-0.15, -0.1) is 0 Å². The van der Waals surface area contributed by atoms with E-state index in [2.05, 4.69) is 18.7 Å². The standard InChI is InChI=1S/C15H24Cl2N2O/c1-4-19(5-2)6-7-20-15-12(8-11(3)18)9-13(16)10-14(15)17/h9-11H,4-8,18H2,1-3H3. The van der Waals surface area contributed by atoms with E-state index in [1.165, 1.54) is 0 Å². The Balaban J connectivity index is 2.77. The van der Waals surface area contributed by atoms with Gasteiger partial charge in [0.25, 0.3) is 0 Å². The number of rotatable bonds is 8. The number of halogens is 2. The minimum Gasteiger partial charge on any atom is -0.490 e. The molecule has 0 saturated carbocycles. The summed E-state index contributed by atoms with van der Waals surface area (Å²) in [6, 6.07) is 3.62. The SMILES string of the molecule is CCN(CC)CCOc1c(Cl)cc(Cl)cc1CC(C)N. The summed E-state index contributed by atoms with van der Waals surface area (Å²) in [4.78, 5) is 2.30. The Morgan fingerprint density at radius 3 is 2.45 bits per heavy atom. The van der Waals surface area contributed by atoms with E-state index < -0.39 is 0 Å². The summed E-state index contributed by atoms with van der Waals surface area (Å²) >= 11 is 12.3. The van der Waals surface area contributed by atoms with Crippen LogP contribution >= 0.6 is 23.2 Å². The smallest absolute Gasteiger partial charge is 0.141 e. The van der Waals surface area contributed by atoms with Crippen LogP contribution in [0.2, 0.25) is 10.0 Å². The Morgan fingerprint density at radius 2 is 1.90 bits per heavy atom. The molecule has 0 fully saturated rings. The second-order valence-electron chi connectivity index (χ2n) is 4.93. The van der Waals surface area contributed by atoms with Crippen LogP contribution in [0.3, 0.4) is 0 Å². The molecule has 1 unspecified atom stereocenters. The van der Waals surface area contributed by atoms with Crippen molar-refractivity contribution < 1.29 is 4.74 Å². The minimum absolute atomic E-state index is 0.0367. The number of hydrogen-bond donors (Lipinski definition) is 1. The monoisotopic (exact) mass is 318 g/mol.